The molecule has 2 aromatic rings. The number of nitrogens with one attached hydrogen (secondary N) is 1. The van der Waals surface area contributed by atoms with Crippen LogP contribution >= 0.6 is 0 Å². The Bertz CT molecular complexity index is 605. The number of benzene rings is 1. The van der Waals surface area contributed by atoms with E-state index in [0.717, 1.165) is 0 Å². The largest absolute Gasteiger partial charge is 0.480 e. The van der Waals surface area contributed by atoms with Crippen molar-refractivity contribution in [1.82, 2.24) is 10.3 Å². The minimum Gasteiger partial charge on any atom is -0.480 e. The number of carboxylic acids is 1. The number of halogens is 3. The maximum atomic E-state index is 12.8. The third-order valence-electron chi connectivity index (χ3n) is 2.93. The second-order valence-corrected chi connectivity index (χ2v) is 4.36. The third kappa shape index (κ3) is 2.46. The second kappa shape index (κ2) is 4.78. The molecule has 1 aromatic carbocycles. The highest BCUT2D eigenvalue weighted by atomic mass is 19.4. The molecule has 1 unspecified atom stereocenters. The topological polar surface area (TPSA) is 75.4 Å². The van der Waals surface area contributed by atoms with Crippen LogP contribution in [0.5, 0.6) is 0 Å². The zero-order valence-electron chi connectivity index (χ0n) is 10.4. The van der Waals surface area contributed by atoms with Crippen LogP contribution in [0.2, 0.25) is 0 Å². The lowest BCUT2D eigenvalue weighted by Gasteiger charge is -2.28. The Morgan fingerprint density at radius 1 is 1.40 bits per heavy atom. The van der Waals surface area contributed by atoms with Gasteiger partial charge in [0.2, 0.25) is 11.4 Å². The first-order chi connectivity index (χ1) is 9.24. The van der Waals surface area contributed by atoms with E-state index in [1.54, 1.807) is 24.3 Å². The van der Waals surface area contributed by atoms with Crippen molar-refractivity contribution in [3.05, 3.63) is 30.2 Å². The molecule has 0 aliphatic heterocycles. The van der Waals surface area contributed by atoms with Gasteiger partial charge >= 0.3 is 12.1 Å². The van der Waals surface area contributed by atoms with Crippen molar-refractivity contribution in [3.63, 3.8) is 0 Å². The molecule has 0 spiro atoms. The van der Waals surface area contributed by atoms with Gasteiger partial charge in [-0.25, -0.2) is 9.78 Å². The number of aromatic nitrogens is 1. The van der Waals surface area contributed by atoms with Gasteiger partial charge in [0.1, 0.15) is 5.52 Å². The monoisotopic (exact) mass is 288 g/mol. The van der Waals surface area contributed by atoms with E-state index in [1.165, 1.54) is 0 Å². The van der Waals surface area contributed by atoms with E-state index in [2.05, 4.69) is 4.98 Å². The molecular weight excluding hydrogens is 277 g/mol. The molecule has 0 aliphatic rings. The van der Waals surface area contributed by atoms with E-state index in [-0.39, 0.29) is 5.89 Å². The Morgan fingerprint density at radius 3 is 2.60 bits per heavy atom. The molecule has 0 amide bonds. The Labute approximate surface area is 111 Å². The lowest BCUT2D eigenvalue weighted by atomic mass is 10.0. The highest BCUT2D eigenvalue weighted by molar-refractivity contribution is 5.79. The smallest absolute Gasteiger partial charge is 0.417 e. The number of carboxylic acid groups (broad SMARTS) is 1. The van der Waals surface area contributed by atoms with Crippen LogP contribution in [-0.4, -0.2) is 27.8 Å². The van der Waals surface area contributed by atoms with Crippen LogP contribution in [0.3, 0.4) is 0 Å². The minimum atomic E-state index is -4.94. The first-order valence-electron chi connectivity index (χ1n) is 5.63. The van der Waals surface area contributed by atoms with E-state index < -0.39 is 24.2 Å². The lowest BCUT2D eigenvalue weighted by molar-refractivity contribution is -0.206. The molecule has 2 rings (SSSR count). The lowest BCUT2D eigenvalue weighted by Crippen LogP contribution is -2.59. The van der Waals surface area contributed by atoms with E-state index in [9.17, 15) is 18.0 Å². The molecule has 8 heteroatoms. The molecule has 1 heterocycles. The standard InChI is InChI=1S/C12H11F3N2O3/c1-11(10(18)19,12(13,14)15)16-6-9-17-7-4-2-3-5-8(7)20-9/h2-5,16H,6H2,1H3,(H,18,19). The molecule has 0 bridgehead atoms. The fourth-order valence-electron chi connectivity index (χ4n) is 1.55. The average Bonchev–Trinajstić information content (AvgIpc) is 2.76. The zero-order valence-corrected chi connectivity index (χ0v) is 10.4. The predicted molar refractivity (Wildman–Crippen MR) is 62.9 cm³/mol. The van der Waals surface area contributed by atoms with Crippen molar-refractivity contribution in [2.45, 2.75) is 25.2 Å². The Balaban J connectivity index is 2.19. The summed E-state index contributed by atoms with van der Waals surface area (Å²) in [7, 11) is 0. The summed E-state index contributed by atoms with van der Waals surface area (Å²) in [5.41, 5.74) is -2.14. The highest BCUT2D eigenvalue weighted by Gasteiger charge is 2.57. The number of para-hydroxylation sites is 2. The van der Waals surface area contributed by atoms with Gasteiger partial charge in [0.15, 0.2) is 5.58 Å². The number of rotatable bonds is 4. The summed E-state index contributed by atoms with van der Waals surface area (Å²) in [5, 5.41) is 10.7. The molecule has 1 aromatic heterocycles. The molecule has 108 valence electrons. The van der Waals surface area contributed by atoms with Crippen LogP contribution in [0.15, 0.2) is 28.7 Å². The van der Waals surface area contributed by atoms with Crippen LogP contribution in [0.1, 0.15) is 12.8 Å². The van der Waals surface area contributed by atoms with Gasteiger partial charge in [-0.1, -0.05) is 12.1 Å². The molecule has 0 saturated heterocycles. The predicted octanol–water partition coefficient (Wildman–Crippen LogP) is 2.32. The fourth-order valence-corrected chi connectivity index (χ4v) is 1.55. The average molecular weight is 288 g/mol. The summed E-state index contributed by atoms with van der Waals surface area (Å²) in [4.78, 5) is 14.8. The minimum absolute atomic E-state index is 0.0112. The van der Waals surface area contributed by atoms with Crippen molar-refractivity contribution in [2.75, 3.05) is 0 Å². The van der Waals surface area contributed by atoms with Gasteiger partial charge < -0.3 is 9.52 Å². The van der Waals surface area contributed by atoms with Gasteiger partial charge in [0, 0.05) is 0 Å². The van der Waals surface area contributed by atoms with Crippen molar-refractivity contribution in [1.29, 1.82) is 0 Å². The van der Waals surface area contributed by atoms with Crippen LogP contribution < -0.4 is 5.32 Å². The molecule has 0 fully saturated rings. The van der Waals surface area contributed by atoms with Crippen molar-refractivity contribution >= 4 is 17.1 Å². The number of hydrogen-bond donors (Lipinski definition) is 2. The van der Waals surface area contributed by atoms with Crippen molar-refractivity contribution < 1.29 is 27.5 Å². The second-order valence-electron chi connectivity index (χ2n) is 4.36. The van der Waals surface area contributed by atoms with Gasteiger partial charge in [-0.15, -0.1) is 0 Å². The summed E-state index contributed by atoms with van der Waals surface area (Å²) in [6.45, 7) is 0.106. The molecule has 2 N–H and O–H groups in total. The summed E-state index contributed by atoms with van der Waals surface area (Å²) >= 11 is 0. The molecule has 0 saturated carbocycles. The summed E-state index contributed by atoms with van der Waals surface area (Å²) in [5.74, 6) is -2.02. The summed E-state index contributed by atoms with van der Waals surface area (Å²) in [6.07, 6.45) is -4.94. The van der Waals surface area contributed by atoms with Crippen molar-refractivity contribution in [3.8, 4) is 0 Å². The van der Waals surface area contributed by atoms with Gasteiger partial charge in [-0.2, -0.15) is 13.2 Å². The van der Waals surface area contributed by atoms with Gasteiger partial charge in [-0.05, 0) is 19.1 Å². The maximum Gasteiger partial charge on any atom is 0.417 e. The third-order valence-corrected chi connectivity index (χ3v) is 2.93. The highest BCUT2D eigenvalue weighted by Crippen LogP contribution is 2.30. The van der Waals surface area contributed by atoms with Crippen LogP contribution in [0.4, 0.5) is 13.2 Å². The van der Waals surface area contributed by atoms with Crippen LogP contribution in [0, 0.1) is 0 Å². The number of carbonyl (C=O) groups is 1. The zero-order chi connectivity index (χ0) is 15.0. The van der Waals surface area contributed by atoms with Gasteiger partial charge in [0.25, 0.3) is 0 Å². The number of alkyl halides is 3. The van der Waals surface area contributed by atoms with Gasteiger partial charge in [-0.3, -0.25) is 5.32 Å². The summed E-state index contributed by atoms with van der Waals surface area (Å²) < 4.78 is 43.5. The number of aliphatic carboxylic acids is 1. The van der Waals surface area contributed by atoms with Crippen molar-refractivity contribution in [2.24, 2.45) is 0 Å². The quantitative estimate of drug-likeness (QED) is 0.903. The molecular formula is C12H11F3N2O3. The maximum absolute atomic E-state index is 12.8. The first kappa shape index (κ1) is 14.3. The molecule has 0 radical (unpaired) electrons. The normalized spacial score (nSPS) is 15.2. The molecule has 5 nitrogen and oxygen atoms in total. The number of hydrogen-bond acceptors (Lipinski definition) is 4. The Hall–Kier alpha value is -2.09. The summed E-state index contributed by atoms with van der Waals surface area (Å²) in [6, 6.07) is 6.66. The Kier molecular flexibility index (Phi) is 3.43. The van der Waals surface area contributed by atoms with E-state index >= 15 is 0 Å². The SMILES string of the molecule is CC(NCc1nc2ccccc2o1)(C(=O)O)C(F)(F)F. The van der Waals surface area contributed by atoms with Gasteiger partial charge in [0.05, 0.1) is 6.54 Å². The molecule has 0 aliphatic carbocycles. The number of fused-ring (bicyclic) bond motifs is 1. The number of nitrogens with zero attached hydrogens (tertiary/aromatic N) is 1. The fraction of sp³-hybridized carbons (Fsp3) is 0.333. The van der Waals surface area contributed by atoms with Crippen LogP contribution in [-0.2, 0) is 11.3 Å². The first-order valence-corrected chi connectivity index (χ1v) is 5.63. The Morgan fingerprint density at radius 2 is 2.05 bits per heavy atom. The van der Waals surface area contributed by atoms with E-state index in [0.29, 0.717) is 18.0 Å². The molecule has 20 heavy (non-hydrogen) atoms. The van der Waals surface area contributed by atoms with E-state index in [1.807, 2.05) is 5.32 Å². The van der Waals surface area contributed by atoms with Crippen LogP contribution in [0.25, 0.3) is 11.1 Å². The van der Waals surface area contributed by atoms with E-state index in [4.69, 9.17) is 9.52 Å². The molecule has 1 atom stereocenters. The number of oxazole rings is 1.